The number of nitrogens with zero attached hydrogens (tertiary/aromatic N) is 1. The van der Waals surface area contributed by atoms with E-state index in [4.69, 9.17) is 10.5 Å². The van der Waals surface area contributed by atoms with Crippen molar-refractivity contribution < 1.29 is 4.74 Å². The Labute approximate surface area is 127 Å². The van der Waals surface area contributed by atoms with Gasteiger partial charge in [0.15, 0.2) is 5.75 Å². The van der Waals surface area contributed by atoms with Gasteiger partial charge in [-0.3, -0.25) is 4.98 Å². The van der Waals surface area contributed by atoms with E-state index in [9.17, 15) is 0 Å². The minimum absolute atomic E-state index is 0.276. The van der Waals surface area contributed by atoms with Crippen molar-refractivity contribution in [1.29, 1.82) is 0 Å². The summed E-state index contributed by atoms with van der Waals surface area (Å²) < 4.78 is 7.23. The van der Waals surface area contributed by atoms with Crippen molar-refractivity contribution in [2.45, 2.75) is 38.7 Å². The number of fused-ring (bicyclic) bond motifs is 1. The molecule has 0 aliphatic heterocycles. The average molecular weight is 335 g/mol. The van der Waals surface area contributed by atoms with Crippen LogP contribution in [0.5, 0.6) is 5.75 Å². The molecule has 4 heteroatoms. The minimum Gasteiger partial charge on any atom is -0.487 e. The Hall–Kier alpha value is -1.29. The SMILES string of the molecule is CC1CCC(Oc2c(N)cnc3ccc(Br)cc23)CC1. The molecule has 2 aromatic rings. The lowest BCUT2D eigenvalue weighted by molar-refractivity contribution is 0.138. The Kier molecular flexibility index (Phi) is 3.83. The van der Waals surface area contributed by atoms with Gasteiger partial charge in [0.2, 0.25) is 0 Å². The molecule has 0 amide bonds. The predicted molar refractivity (Wildman–Crippen MR) is 85.9 cm³/mol. The summed E-state index contributed by atoms with van der Waals surface area (Å²) in [6.45, 7) is 2.31. The summed E-state index contributed by atoms with van der Waals surface area (Å²) in [5.41, 5.74) is 7.62. The summed E-state index contributed by atoms with van der Waals surface area (Å²) in [6.07, 6.45) is 6.65. The molecule has 3 nitrogen and oxygen atoms in total. The molecule has 2 N–H and O–H groups in total. The van der Waals surface area contributed by atoms with E-state index >= 15 is 0 Å². The zero-order chi connectivity index (χ0) is 14.1. The third-order valence-corrected chi connectivity index (χ3v) is 4.55. The molecule has 1 aliphatic carbocycles. The largest absolute Gasteiger partial charge is 0.487 e. The topological polar surface area (TPSA) is 48.1 Å². The first-order valence-corrected chi connectivity index (χ1v) is 7.93. The van der Waals surface area contributed by atoms with Gasteiger partial charge < -0.3 is 10.5 Å². The van der Waals surface area contributed by atoms with E-state index in [-0.39, 0.29) is 6.10 Å². The fraction of sp³-hybridized carbons (Fsp3) is 0.438. The number of hydrogen-bond acceptors (Lipinski definition) is 3. The fourth-order valence-electron chi connectivity index (χ4n) is 2.80. The summed E-state index contributed by atoms with van der Waals surface area (Å²) in [4.78, 5) is 4.36. The summed E-state index contributed by atoms with van der Waals surface area (Å²) in [5, 5.41) is 0.984. The minimum atomic E-state index is 0.276. The number of halogens is 1. The van der Waals surface area contributed by atoms with Gasteiger partial charge in [-0.05, 0) is 49.8 Å². The molecule has 0 bridgehead atoms. The Bertz CT molecular complexity index is 616. The Morgan fingerprint density at radius 3 is 2.75 bits per heavy atom. The summed E-state index contributed by atoms with van der Waals surface area (Å²) in [7, 11) is 0. The maximum absolute atomic E-state index is 6.22. The number of pyridine rings is 1. The Morgan fingerprint density at radius 1 is 1.25 bits per heavy atom. The van der Waals surface area contributed by atoms with Crippen molar-refractivity contribution in [3.63, 3.8) is 0 Å². The molecule has 1 heterocycles. The maximum Gasteiger partial charge on any atom is 0.153 e. The van der Waals surface area contributed by atoms with Crippen LogP contribution >= 0.6 is 15.9 Å². The number of nitrogens with two attached hydrogens (primary N) is 1. The van der Waals surface area contributed by atoms with Crippen LogP contribution < -0.4 is 10.5 Å². The van der Waals surface area contributed by atoms with Crippen LogP contribution in [0.3, 0.4) is 0 Å². The van der Waals surface area contributed by atoms with Gasteiger partial charge in [-0.15, -0.1) is 0 Å². The number of anilines is 1. The van der Waals surface area contributed by atoms with Gasteiger partial charge in [0.25, 0.3) is 0 Å². The first-order valence-electron chi connectivity index (χ1n) is 7.14. The van der Waals surface area contributed by atoms with Gasteiger partial charge in [-0.2, -0.15) is 0 Å². The molecule has 0 atom stereocenters. The molecule has 1 aliphatic rings. The second-order valence-corrected chi connectivity index (χ2v) is 6.62. The van der Waals surface area contributed by atoms with Crippen LogP contribution in [0.15, 0.2) is 28.9 Å². The number of rotatable bonds is 2. The lowest BCUT2D eigenvalue weighted by Crippen LogP contribution is -2.23. The van der Waals surface area contributed by atoms with Crippen LogP contribution in [0.1, 0.15) is 32.6 Å². The number of hydrogen-bond donors (Lipinski definition) is 1. The Balaban J connectivity index is 1.93. The quantitative estimate of drug-likeness (QED) is 0.877. The molecule has 1 fully saturated rings. The zero-order valence-corrected chi connectivity index (χ0v) is 13.2. The highest BCUT2D eigenvalue weighted by Gasteiger charge is 2.21. The van der Waals surface area contributed by atoms with Crippen molar-refractivity contribution >= 4 is 32.5 Å². The number of aromatic nitrogens is 1. The second-order valence-electron chi connectivity index (χ2n) is 5.70. The molecule has 106 valence electrons. The van der Waals surface area contributed by atoms with E-state index < -0.39 is 0 Å². The smallest absolute Gasteiger partial charge is 0.153 e. The fourth-order valence-corrected chi connectivity index (χ4v) is 3.16. The summed E-state index contributed by atoms with van der Waals surface area (Å²) in [6, 6.07) is 5.99. The first-order chi connectivity index (χ1) is 9.63. The molecule has 0 unspecified atom stereocenters. The molecule has 1 aromatic carbocycles. The maximum atomic E-state index is 6.22. The second kappa shape index (κ2) is 5.60. The molecular formula is C16H19BrN2O. The third kappa shape index (κ3) is 2.75. The zero-order valence-electron chi connectivity index (χ0n) is 11.6. The molecule has 3 rings (SSSR count). The van der Waals surface area contributed by atoms with Crippen LogP contribution in [0.2, 0.25) is 0 Å². The lowest BCUT2D eigenvalue weighted by Gasteiger charge is -2.27. The highest BCUT2D eigenvalue weighted by molar-refractivity contribution is 9.10. The summed E-state index contributed by atoms with van der Waals surface area (Å²) >= 11 is 3.50. The number of nitrogen functional groups attached to an aromatic ring is 1. The molecule has 0 radical (unpaired) electrons. The van der Waals surface area contributed by atoms with E-state index in [0.717, 1.165) is 39.9 Å². The number of ether oxygens (including phenoxy) is 1. The van der Waals surface area contributed by atoms with E-state index in [1.54, 1.807) is 6.20 Å². The standard InChI is InChI=1S/C16H19BrN2O/c1-10-2-5-12(6-3-10)20-16-13-8-11(17)4-7-15(13)19-9-14(16)18/h4,7-10,12H,2-3,5-6,18H2,1H3. The average Bonchev–Trinajstić information content (AvgIpc) is 2.44. The van der Waals surface area contributed by atoms with Crippen molar-refractivity contribution in [1.82, 2.24) is 4.98 Å². The van der Waals surface area contributed by atoms with E-state index in [2.05, 4.69) is 27.8 Å². The third-order valence-electron chi connectivity index (χ3n) is 4.06. The van der Waals surface area contributed by atoms with Gasteiger partial charge in [-0.1, -0.05) is 22.9 Å². The van der Waals surface area contributed by atoms with E-state index in [1.807, 2.05) is 18.2 Å². The van der Waals surface area contributed by atoms with Crippen molar-refractivity contribution in [2.75, 3.05) is 5.73 Å². The van der Waals surface area contributed by atoms with Crippen molar-refractivity contribution in [3.8, 4) is 5.75 Å². The monoisotopic (exact) mass is 334 g/mol. The van der Waals surface area contributed by atoms with Crippen LogP contribution in [-0.2, 0) is 0 Å². The summed E-state index contributed by atoms with van der Waals surface area (Å²) in [5.74, 6) is 1.60. The molecule has 1 aromatic heterocycles. The molecule has 0 saturated heterocycles. The molecular weight excluding hydrogens is 316 g/mol. The van der Waals surface area contributed by atoms with Gasteiger partial charge in [0, 0.05) is 9.86 Å². The molecule has 1 saturated carbocycles. The van der Waals surface area contributed by atoms with Crippen LogP contribution in [0.25, 0.3) is 10.9 Å². The molecule has 20 heavy (non-hydrogen) atoms. The number of benzene rings is 1. The molecule has 0 spiro atoms. The first kappa shape index (κ1) is 13.7. The highest BCUT2D eigenvalue weighted by Crippen LogP contribution is 2.35. The predicted octanol–water partition coefficient (Wildman–Crippen LogP) is 4.54. The normalized spacial score (nSPS) is 22.9. The van der Waals surface area contributed by atoms with Gasteiger partial charge in [0.1, 0.15) is 0 Å². The van der Waals surface area contributed by atoms with Gasteiger partial charge in [0.05, 0.1) is 23.5 Å². The van der Waals surface area contributed by atoms with Crippen LogP contribution in [0, 0.1) is 5.92 Å². The van der Waals surface area contributed by atoms with Gasteiger partial charge in [-0.25, -0.2) is 0 Å². The van der Waals surface area contributed by atoms with E-state index in [1.165, 1.54) is 12.8 Å². The van der Waals surface area contributed by atoms with Crippen molar-refractivity contribution in [3.05, 3.63) is 28.9 Å². The lowest BCUT2D eigenvalue weighted by atomic mass is 9.89. The van der Waals surface area contributed by atoms with Crippen LogP contribution in [0.4, 0.5) is 5.69 Å². The van der Waals surface area contributed by atoms with Gasteiger partial charge >= 0.3 is 0 Å². The van der Waals surface area contributed by atoms with E-state index in [0.29, 0.717) is 5.69 Å². The van der Waals surface area contributed by atoms with Crippen molar-refractivity contribution in [2.24, 2.45) is 5.92 Å². The van der Waals surface area contributed by atoms with Crippen LogP contribution in [-0.4, -0.2) is 11.1 Å². The Morgan fingerprint density at radius 2 is 2.00 bits per heavy atom. The highest BCUT2D eigenvalue weighted by atomic mass is 79.9.